The molecule has 1 aliphatic heterocycles. The fourth-order valence-electron chi connectivity index (χ4n) is 2.52. The second-order valence-corrected chi connectivity index (χ2v) is 6.04. The largest absolute Gasteiger partial charge is 0.499 e. The smallest absolute Gasteiger partial charge is 0.120 e. The molecule has 0 spiro atoms. The second-order valence-electron chi connectivity index (χ2n) is 6.04. The molecule has 0 unspecified atom stereocenters. The maximum absolute atomic E-state index is 9.73. The Labute approximate surface area is 133 Å². The van der Waals surface area contributed by atoms with Gasteiger partial charge in [-0.15, -0.1) is 0 Å². The van der Waals surface area contributed by atoms with E-state index in [1.807, 2.05) is 6.08 Å². The van der Waals surface area contributed by atoms with E-state index in [-0.39, 0.29) is 13.2 Å². The molecule has 1 saturated heterocycles. The SMILES string of the molecule is CCCCCCCCC/C=C/OC[C@@H]1OC[C@@H](O)[C@H](O)[C@H]1O. The van der Waals surface area contributed by atoms with Gasteiger partial charge in [0.1, 0.15) is 31.0 Å². The van der Waals surface area contributed by atoms with Crippen LogP contribution in [0.2, 0.25) is 0 Å². The molecule has 0 aliphatic carbocycles. The number of hydrogen-bond acceptors (Lipinski definition) is 5. The van der Waals surface area contributed by atoms with Crippen LogP contribution in [-0.2, 0) is 9.47 Å². The summed E-state index contributed by atoms with van der Waals surface area (Å²) < 4.78 is 10.6. The van der Waals surface area contributed by atoms with Gasteiger partial charge in [0.2, 0.25) is 0 Å². The summed E-state index contributed by atoms with van der Waals surface area (Å²) >= 11 is 0. The molecule has 1 rings (SSSR count). The average Bonchev–Trinajstić information content (AvgIpc) is 2.52. The van der Waals surface area contributed by atoms with Crippen molar-refractivity contribution in [2.24, 2.45) is 0 Å². The van der Waals surface area contributed by atoms with Gasteiger partial charge in [-0.25, -0.2) is 0 Å². The summed E-state index contributed by atoms with van der Waals surface area (Å²) in [7, 11) is 0. The van der Waals surface area contributed by atoms with Crippen LogP contribution in [-0.4, -0.2) is 52.9 Å². The third-order valence-corrected chi connectivity index (χ3v) is 4.03. The van der Waals surface area contributed by atoms with E-state index in [0.717, 1.165) is 6.42 Å². The maximum Gasteiger partial charge on any atom is 0.120 e. The molecule has 1 fully saturated rings. The summed E-state index contributed by atoms with van der Waals surface area (Å²) in [5.41, 5.74) is 0. The Morgan fingerprint density at radius 1 is 1.00 bits per heavy atom. The molecule has 4 atom stereocenters. The van der Waals surface area contributed by atoms with Crippen molar-refractivity contribution in [3.8, 4) is 0 Å². The quantitative estimate of drug-likeness (QED) is 0.402. The van der Waals surface area contributed by atoms with Gasteiger partial charge in [0.15, 0.2) is 0 Å². The Balaban J connectivity index is 1.98. The van der Waals surface area contributed by atoms with Crippen LogP contribution in [0.4, 0.5) is 0 Å². The lowest BCUT2D eigenvalue weighted by molar-refractivity contribution is -0.195. The first-order chi connectivity index (χ1) is 10.7. The molecule has 0 aromatic heterocycles. The van der Waals surface area contributed by atoms with Crippen LogP contribution in [0.25, 0.3) is 0 Å². The first kappa shape index (κ1) is 19.4. The Morgan fingerprint density at radius 2 is 1.68 bits per heavy atom. The fraction of sp³-hybridized carbons (Fsp3) is 0.882. The van der Waals surface area contributed by atoms with E-state index >= 15 is 0 Å². The van der Waals surface area contributed by atoms with Crippen LogP contribution in [0, 0.1) is 0 Å². The van der Waals surface area contributed by atoms with E-state index in [4.69, 9.17) is 9.47 Å². The predicted octanol–water partition coefficient (Wildman–Crippen LogP) is 2.14. The summed E-state index contributed by atoms with van der Waals surface area (Å²) in [6.45, 7) is 2.43. The van der Waals surface area contributed by atoms with E-state index in [0.29, 0.717) is 0 Å². The molecule has 0 saturated carbocycles. The van der Waals surface area contributed by atoms with Crippen molar-refractivity contribution in [2.75, 3.05) is 13.2 Å². The molecule has 5 nitrogen and oxygen atoms in total. The van der Waals surface area contributed by atoms with Crippen LogP contribution in [0.15, 0.2) is 12.3 Å². The molecule has 3 N–H and O–H groups in total. The Hall–Kier alpha value is -0.620. The second kappa shape index (κ2) is 11.9. The third-order valence-electron chi connectivity index (χ3n) is 4.03. The lowest BCUT2D eigenvalue weighted by Crippen LogP contribution is -2.54. The van der Waals surface area contributed by atoms with Crippen molar-refractivity contribution in [1.29, 1.82) is 0 Å². The minimum atomic E-state index is -1.17. The third kappa shape index (κ3) is 7.58. The van der Waals surface area contributed by atoms with Crippen molar-refractivity contribution in [3.05, 3.63) is 12.3 Å². The molecule has 1 heterocycles. The van der Waals surface area contributed by atoms with Gasteiger partial charge >= 0.3 is 0 Å². The van der Waals surface area contributed by atoms with Gasteiger partial charge in [-0.1, -0.05) is 45.4 Å². The topological polar surface area (TPSA) is 79.2 Å². The summed E-state index contributed by atoms with van der Waals surface area (Å²) in [6, 6.07) is 0. The van der Waals surface area contributed by atoms with E-state index in [1.54, 1.807) is 6.26 Å². The van der Waals surface area contributed by atoms with Gasteiger partial charge in [-0.3, -0.25) is 0 Å². The number of hydrogen-bond donors (Lipinski definition) is 3. The lowest BCUT2D eigenvalue weighted by Gasteiger charge is -2.34. The molecule has 0 radical (unpaired) electrons. The number of aliphatic hydroxyl groups excluding tert-OH is 3. The standard InChI is InChI=1S/C17H32O5/c1-2-3-4-5-6-7-8-9-10-11-21-13-15-17(20)16(19)14(18)12-22-15/h10-11,14-20H,2-9,12-13H2,1H3/b11-10+/t14-,15+,16+,17+/m1/s1. The highest BCUT2D eigenvalue weighted by molar-refractivity contribution is 4.87. The Kier molecular flexibility index (Phi) is 10.5. The molecular weight excluding hydrogens is 284 g/mol. The molecule has 22 heavy (non-hydrogen) atoms. The van der Waals surface area contributed by atoms with Gasteiger partial charge < -0.3 is 24.8 Å². The highest BCUT2D eigenvalue weighted by atomic mass is 16.6. The minimum absolute atomic E-state index is 0.0218. The maximum atomic E-state index is 9.73. The zero-order valence-electron chi connectivity index (χ0n) is 13.7. The van der Waals surface area contributed by atoms with Gasteiger partial charge in [0.05, 0.1) is 12.9 Å². The first-order valence-corrected chi connectivity index (χ1v) is 8.59. The van der Waals surface area contributed by atoms with Crippen LogP contribution >= 0.6 is 0 Å². The zero-order chi connectivity index (χ0) is 16.2. The van der Waals surface area contributed by atoms with Crippen LogP contribution < -0.4 is 0 Å². The molecule has 1 aliphatic rings. The summed E-state index contributed by atoms with van der Waals surface area (Å²) in [5, 5.41) is 28.6. The first-order valence-electron chi connectivity index (χ1n) is 8.59. The van der Waals surface area contributed by atoms with Crippen LogP contribution in [0.1, 0.15) is 58.3 Å². The van der Waals surface area contributed by atoms with Gasteiger partial charge in [0.25, 0.3) is 0 Å². The lowest BCUT2D eigenvalue weighted by atomic mass is 10.0. The number of allylic oxidation sites excluding steroid dienone is 1. The molecular formula is C17H32O5. The van der Waals surface area contributed by atoms with E-state index < -0.39 is 24.4 Å². The average molecular weight is 316 g/mol. The summed E-state index contributed by atoms with van der Waals surface area (Å²) in [6.07, 6.45) is 9.72. The summed E-state index contributed by atoms with van der Waals surface area (Å²) in [4.78, 5) is 0. The Morgan fingerprint density at radius 3 is 2.41 bits per heavy atom. The number of aliphatic hydroxyl groups is 3. The number of unbranched alkanes of at least 4 members (excludes halogenated alkanes) is 7. The molecule has 5 heteroatoms. The molecule has 130 valence electrons. The number of ether oxygens (including phenoxy) is 2. The normalized spacial score (nSPS) is 29.1. The highest BCUT2D eigenvalue weighted by Crippen LogP contribution is 2.16. The molecule has 0 aromatic rings. The zero-order valence-corrected chi connectivity index (χ0v) is 13.7. The molecule has 0 amide bonds. The molecule has 0 bridgehead atoms. The monoisotopic (exact) mass is 316 g/mol. The van der Waals surface area contributed by atoms with E-state index in [2.05, 4.69) is 6.92 Å². The van der Waals surface area contributed by atoms with Gasteiger partial charge in [0, 0.05) is 0 Å². The van der Waals surface area contributed by atoms with Gasteiger partial charge in [-0.05, 0) is 18.9 Å². The van der Waals surface area contributed by atoms with Gasteiger partial charge in [-0.2, -0.15) is 0 Å². The van der Waals surface area contributed by atoms with Crippen molar-refractivity contribution in [1.82, 2.24) is 0 Å². The summed E-state index contributed by atoms with van der Waals surface area (Å²) in [5.74, 6) is 0. The van der Waals surface area contributed by atoms with E-state index in [9.17, 15) is 15.3 Å². The van der Waals surface area contributed by atoms with Crippen molar-refractivity contribution >= 4 is 0 Å². The van der Waals surface area contributed by atoms with Crippen LogP contribution in [0.3, 0.4) is 0 Å². The fourth-order valence-corrected chi connectivity index (χ4v) is 2.52. The highest BCUT2D eigenvalue weighted by Gasteiger charge is 2.37. The van der Waals surface area contributed by atoms with Crippen LogP contribution in [0.5, 0.6) is 0 Å². The Bertz CT molecular complexity index is 295. The van der Waals surface area contributed by atoms with Crippen molar-refractivity contribution in [3.63, 3.8) is 0 Å². The minimum Gasteiger partial charge on any atom is -0.499 e. The number of rotatable bonds is 11. The van der Waals surface area contributed by atoms with Crippen molar-refractivity contribution < 1.29 is 24.8 Å². The van der Waals surface area contributed by atoms with E-state index in [1.165, 1.54) is 44.9 Å². The van der Waals surface area contributed by atoms with Crippen molar-refractivity contribution in [2.45, 2.75) is 82.7 Å². The molecule has 0 aromatic carbocycles. The predicted molar refractivity (Wildman–Crippen MR) is 85.5 cm³/mol.